The van der Waals surface area contributed by atoms with Crippen LogP contribution >= 0.6 is 0 Å². The molecule has 1 amide bonds. The third kappa shape index (κ3) is 4.40. The van der Waals surface area contributed by atoms with Crippen molar-refractivity contribution < 1.29 is 27.1 Å². The lowest BCUT2D eigenvalue weighted by molar-refractivity contribution is -0.174. The Hall–Kier alpha value is -2.53. The van der Waals surface area contributed by atoms with Crippen molar-refractivity contribution in [3.05, 3.63) is 35.9 Å². The highest BCUT2D eigenvalue weighted by atomic mass is 19.4. The van der Waals surface area contributed by atoms with Crippen molar-refractivity contribution >= 4 is 11.7 Å². The first-order chi connectivity index (χ1) is 13.9. The van der Waals surface area contributed by atoms with E-state index in [0.29, 0.717) is 32.1 Å². The fraction of sp³-hybridized carbons (Fsp3) is 0.556. The van der Waals surface area contributed by atoms with E-state index < -0.39 is 24.2 Å². The van der Waals surface area contributed by atoms with Gasteiger partial charge in [0.25, 0.3) is 5.91 Å². The van der Waals surface area contributed by atoms with Crippen LogP contribution in [0.4, 0.5) is 19.0 Å². The zero-order chi connectivity index (χ0) is 20.4. The molecule has 0 radical (unpaired) electrons. The Kier molecular flexibility index (Phi) is 5.50. The number of halogens is 3. The fourth-order valence-corrected chi connectivity index (χ4v) is 3.60. The molecule has 158 valence electrons. The maximum atomic E-state index is 13.6. The number of nitrogens with zero attached hydrogens (tertiary/aromatic N) is 3. The predicted octanol–water partition coefficient (Wildman–Crippen LogP) is 2.20. The molecule has 11 heteroatoms. The molecule has 2 aliphatic rings. The molecule has 0 aliphatic carbocycles. The highest BCUT2D eigenvalue weighted by Gasteiger charge is 2.47. The van der Waals surface area contributed by atoms with Crippen LogP contribution in [0.1, 0.15) is 34.8 Å². The van der Waals surface area contributed by atoms with Crippen molar-refractivity contribution in [2.45, 2.75) is 24.7 Å². The van der Waals surface area contributed by atoms with E-state index in [0.717, 1.165) is 17.8 Å². The van der Waals surface area contributed by atoms with Gasteiger partial charge in [0.05, 0.1) is 25.5 Å². The molecular formula is C18H22F3N5O3. The van der Waals surface area contributed by atoms with Crippen LogP contribution in [0, 0.1) is 0 Å². The van der Waals surface area contributed by atoms with Gasteiger partial charge >= 0.3 is 6.18 Å². The molecule has 0 unspecified atom stereocenters. The molecule has 29 heavy (non-hydrogen) atoms. The molecule has 0 bridgehead atoms. The summed E-state index contributed by atoms with van der Waals surface area (Å²) in [5.74, 6) is 0.0407. The lowest BCUT2D eigenvalue weighted by Crippen LogP contribution is -2.41. The van der Waals surface area contributed by atoms with Gasteiger partial charge in [-0.05, 0) is 12.1 Å². The predicted molar refractivity (Wildman–Crippen MR) is 96.6 cm³/mol. The van der Waals surface area contributed by atoms with E-state index in [2.05, 4.69) is 20.6 Å². The number of ether oxygens (including phenoxy) is 1. The summed E-state index contributed by atoms with van der Waals surface area (Å²) < 4.78 is 52.2. The van der Waals surface area contributed by atoms with Crippen LogP contribution in [0.5, 0.6) is 0 Å². The first-order valence-electron chi connectivity index (χ1n) is 9.46. The second-order valence-electron chi connectivity index (χ2n) is 7.07. The Morgan fingerprint density at radius 2 is 2.14 bits per heavy atom. The molecule has 1 fully saturated rings. The lowest BCUT2D eigenvalue weighted by atomic mass is 10.0. The Bertz CT molecular complexity index is 830. The number of hydrogen-bond acceptors (Lipinski definition) is 6. The number of hydrogen-bond donors (Lipinski definition) is 2. The number of alkyl halides is 3. The molecule has 0 aromatic carbocycles. The monoisotopic (exact) mass is 413 g/mol. The number of anilines is 1. The second-order valence-corrected chi connectivity index (χ2v) is 7.07. The number of carbonyl (C=O) groups is 1. The number of nitrogens with one attached hydrogen (secondary N) is 2. The van der Waals surface area contributed by atoms with Gasteiger partial charge < -0.3 is 19.8 Å². The maximum absolute atomic E-state index is 13.6. The number of morpholine rings is 1. The van der Waals surface area contributed by atoms with Gasteiger partial charge in [-0.25, -0.2) is 4.68 Å². The Labute approximate surface area is 165 Å². The average molecular weight is 413 g/mol. The van der Waals surface area contributed by atoms with E-state index in [-0.39, 0.29) is 17.9 Å². The Morgan fingerprint density at radius 3 is 2.83 bits per heavy atom. The van der Waals surface area contributed by atoms with Crippen LogP contribution in [0.3, 0.4) is 0 Å². The summed E-state index contributed by atoms with van der Waals surface area (Å²) in [5.41, 5.74) is -0.0520. The van der Waals surface area contributed by atoms with Gasteiger partial charge in [-0.15, -0.1) is 0 Å². The number of furan rings is 1. The van der Waals surface area contributed by atoms with Gasteiger partial charge in [0.2, 0.25) is 0 Å². The third-order valence-corrected chi connectivity index (χ3v) is 5.13. The van der Waals surface area contributed by atoms with Gasteiger partial charge in [-0.3, -0.25) is 9.69 Å². The standard InChI is InChI=1S/C18H22F3N5O3/c19-18(20,21)15-10-12(14-2-1-7-29-14)23-16-11-13(24-26(15)16)17(27)22-3-4-25-5-8-28-9-6-25/h1-2,7,11-12,15,23H,3-6,8-10H2,(H,22,27)/t12-,15+/m1/s1. The number of fused-ring (bicyclic) bond motifs is 1. The molecule has 8 nitrogen and oxygen atoms in total. The van der Waals surface area contributed by atoms with Crippen molar-refractivity contribution in [3.63, 3.8) is 0 Å². The minimum absolute atomic E-state index is 0.0520. The SMILES string of the molecule is O=C(NCCN1CCOCC1)c1cc2n(n1)[C@H](C(F)(F)F)C[C@H](c1ccco1)N2. The van der Waals surface area contributed by atoms with Gasteiger partial charge in [0.15, 0.2) is 11.7 Å². The highest BCUT2D eigenvalue weighted by Crippen LogP contribution is 2.43. The Morgan fingerprint density at radius 1 is 1.34 bits per heavy atom. The molecule has 2 aromatic heterocycles. The molecular weight excluding hydrogens is 391 g/mol. The normalized spacial score (nSPS) is 22.7. The molecule has 4 heterocycles. The van der Waals surface area contributed by atoms with Gasteiger partial charge in [0.1, 0.15) is 11.6 Å². The van der Waals surface area contributed by atoms with Crippen molar-refractivity contribution in [1.29, 1.82) is 0 Å². The second kappa shape index (κ2) is 8.07. The number of rotatable bonds is 5. The first kappa shape index (κ1) is 19.8. The Balaban J connectivity index is 1.46. The number of aromatic nitrogens is 2. The van der Waals surface area contributed by atoms with Gasteiger partial charge in [0, 0.05) is 38.7 Å². The third-order valence-electron chi connectivity index (χ3n) is 5.13. The van der Waals surface area contributed by atoms with Crippen molar-refractivity contribution in [2.75, 3.05) is 44.7 Å². The summed E-state index contributed by atoms with van der Waals surface area (Å²) in [6, 6.07) is 2.09. The first-order valence-corrected chi connectivity index (χ1v) is 9.46. The molecule has 2 aromatic rings. The van der Waals surface area contributed by atoms with E-state index in [1.165, 1.54) is 12.3 Å². The maximum Gasteiger partial charge on any atom is 0.410 e. The average Bonchev–Trinajstić information content (AvgIpc) is 3.37. The van der Waals surface area contributed by atoms with Crippen LogP contribution in [-0.2, 0) is 4.74 Å². The summed E-state index contributed by atoms with van der Waals surface area (Å²) in [6.07, 6.45) is -3.36. The van der Waals surface area contributed by atoms with Crippen molar-refractivity contribution in [3.8, 4) is 0 Å². The smallest absolute Gasteiger partial charge is 0.410 e. The van der Waals surface area contributed by atoms with E-state index in [1.807, 2.05) is 0 Å². The van der Waals surface area contributed by atoms with E-state index in [1.54, 1.807) is 12.1 Å². The summed E-state index contributed by atoms with van der Waals surface area (Å²) in [4.78, 5) is 14.6. The summed E-state index contributed by atoms with van der Waals surface area (Å²) in [7, 11) is 0. The molecule has 4 rings (SSSR count). The minimum Gasteiger partial charge on any atom is -0.467 e. The molecule has 0 saturated carbocycles. The number of amides is 1. The van der Waals surface area contributed by atoms with Crippen LogP contribution in [0.15, 0.2) is 28.9 Å². The minimum atomic E-state index is -4.50. The van der Waals surface area contributed by atoms with Gasteiger partial charge in [-0.2, -0.15) is 18.3 Å². The molecule has 2 aliphatic heterocycles. The zero-order valence-corrected chi connectivity index (χ0v) is 15.6. The van der Waals surface area contributed by atoms with E-state index in [9.17, 15) is 18.0 Å². The van der Waals surface area contributed by atoms with E-state index >= 15 is 0 Å². The molecule has 2 N–H and O–H groups in total. The van der Waals surface area contributed by atoms with Crippen LogP contribution in [-0.4, -0.2) is 66.2 Å². The van der Waals surface area contributed by atoms with Crippen LogP contribution in [0.2, 0.25) is 0 Å². The molecule has 2 atom stereocenters. The summed E-state index contributed by atoms with van der Waals surface area (Å²) in [6.45, 7) is 3.92. The lowest BCUT2D eigenvalue weighted by Gasteiger charge is -2.32. The van der Waals surface area contributed by atoms with Crippen LogP contribution in [0.25, 0.3) is 0 Å². The summed E-state index contributed by atoms with van der Waals surface area (Å²) in [5, 5.41) is 9.65. The zero-order valence-electron chi connectivity index (χ0n) is 15.6. The summed E-state index contributed by atoms with van der Waals surface area (Å²) >= 11 is 0. The topological polar surface area (TPSA) is 84.6 Å². The van der Waals surface area contributed by atoms with Crippen molar-refractivity contribution in [1.82, 2.24) is 20.0 Å². The van der Waals surface area contributed by atoms with Crippen LogP contribution < -0.4 is 10.6 Å². The fourth-order valence-electron chi connectivity index (χ4n) is 3.60. The highest BCUT2D eigenvalue weighted by molar-refractivity contribution is 5.93. The van der Waals surface area contributed by atoms with Crippen molar-refractivity contribution in [2.24, 2.45) is 0 Å². The quantitative estimate of drug-likeness (QED) is 0.782. The molecule has 0 spiro atoms. The van der Waals surface area contributed by atoms with Gasteiger partial charge in [-0.1, -0.05) is 0 Å². The molecule has 1 saturated heterocycles. The number of carbonyl (C=O) groups excluding carboxylic acids is 1. The largest absolute Gasteiger partial charge is 0.467 e. The van der Waals surface area contributed by atoms with E-state index in [4.69, 9.17) is 9.15 Å².